The average molecular weight is 258 g/mol. The molecule has 1 aliphatic rings. The lowest BCUT2D eigenvalue weighted by Crippen LogP contribution is -1.95. The summed E-state index contributed by atoms with van der Waals surface area (Å²) in [6.07, 6.45) is 5.18. The first kappa shape index (κ1) is 12.1. The van der Waals surface area contributed by atoms with Crippen LogP contribution >= 0.6 is 0 Å². The second-order valence-electron chi connectivity index (χ2n) is 5.06. The number of hydrogen-bond donors (Lipinski definition) is 1. The van der Waals surface area contributed by atoms with E-state index in [-0.39, 0.29) is 0 Å². The number of nitrogens with zero attached hydrogens (tertiary/aromatic N) is 1. The van der Waals surface area contributed by atoms with Crippen LogP contribution in [0.5, 0.6) is 5.75 Å². The van der Waals surface area contributed by atoms with Crippen molar-refractivity contribution in [3.8, 4) is 17.1 Å². The second-order valence-corrected chi connectivity index (χ2v) is 5.06. The van der Waals surface area contributed by atoms with Gasteiger partial charge in [-0.05, 0) is 36.5 Å². The van der Waals surface area contributed by atoms with Crippen LogP contribution in [0.3, 0.4) is 0 Å². The van der Waals surface area contributed by atoms with Crippen LogP contribution < -0.4 is 10.5 Å². The predicted octanol–water partition coefficient (Wildman–Crippen LogP) is 3.59. The van der Waals surface area contributed by atoms with Gasteiger partial charge in [-0.1, -0.05) is 24.1 Å². The lowest BCUT2D eigenvalue weighted by atomic mass is 9.95. The number of anilines is 1. The zero-order chi connectivity index (χ0) is 13.2. The number of rotatable bonds is 3. The predicted molar refractivity (Wildman–Crippen MR) is 74.1 cm³/mol. The molecule has 1 heterocycles. The maximum Gasteiger partial charge on any atom is 0.172 e. The van der Waals surface area contributed by atoms with E-state index in [4.69, 9.17) is 15.0 Å². The highest BCUT2D eigenvalue weighted by Crippen LogP contribution is 2.39. The van der Waals surface area contributed by atoms with E-state index >= 15 is 0 Å². The lowest BCUT2D eigenvalue weighted by molar-refractivity contribution is 0.406. The molecule has 3 rings (SSSR count). The largest absolute Gasteiger partial charge is 0.496 e. The van der Waals surface area contributed by atoms with E-state index in [2.05, 4.69) is 17.3 Å². The van der Waals surface area contributed by atoms with E-state index < -0.39 is 0 Å². The molecule has 0 saturated heterocycles. The van der Waals surface area contributed by atoms with Crippen LogP contribution in [0.2, 0.25) is 0 Å². The number of nitrogen functional groups attached to an aromatic ring is 1. The van der Waals surface area contributed by atoms with Crippen molar-refractivity contribution in [3.63, 3.8) is 0 Å². The van der Waals surface area contributed by atoms with Crippen molar-refractivity contribution in [1.29, 1.82) is 0 Å². The van der Waals surface area contributed by atoms with Crippen molar-refractivity contribution >= 4 is 5.82 Å². The molecule has 1 aliphatic carbocycles. The molecule has 1 saturated carbocycles. The van der Waals surface area contributed by atoms with Gasteiger partial charge in [-0.3, -0.25) is 0 Å². The van der Waals surface area contributed by atoms with Crippen molar-refractivity contribution in [2.45, 2.75) is 31.6 Å². The molecule has 4 heteroatoms. The quantitative estimate of drug-likeness (QED) is 0.913. The van der Waals surface area contributed by atoms with Gasteiger partial charge in [-0.15, -0.1) is 0 Å². The maximum atomic E-state index is 5.62. The number of aromatic nitrogens is 1. The first-order valence-corrected chi connectivity index (χ1v) is 6.68. The van der Waals surface area contributed by atoms with Crippen LogP contribution in [0.25, 0.3) is 11.3 Å². The first-order chi connectivity index (χ1) is 9.28. The van der Waals surface area contributed by atoms with Gasteiger partial charge in [0.05, 0.1) is 12.7 Å². The fourth-order valence-corrected chi connectivity index (χ4v) is 2.85. The number of nitrogens with two attached hydrogens (primary N) is 1. The summed E-state index contributed by atoms with van der Waals surface area (Å²) in [5.74, 6) is 2.50. The summed E-state index contributed by atoms with van der Waals surface area (Å²) < 4.78 is 10.7. The fraction of sp³-hybridized carbons (Fsp3) is 0.400. The third kappa shape index (κ3) is 2.30. The van der Waals surface area contributed by atoms with E-state index in [1.165, 1.54) is 31.2 Å². The van der Waals surface area contributed by atoms with Crippen molar-refractivity contribution < 1.29 is 9.26 Å². The second kappa shape index (κ2) is 4.96. The van der Waals surface area contributed by atoms with Gasteiger partial charge in [0.25, 0.3) is 0 Å². The highest BCUT2D eigenvalue weighted by atomic mass is 16.5. The Morgan fingerprint density at radius 3 is 2.68 bits per heavy atom. The Hall–Kier alpha value is -1.97. The van der Waals surface area contributed by atoms with Crippen LogP contribution in [-0.4, -0.2) is 12.3 Å². The third-order valence-corrected chi connectivity index (χ3v) is 3.84. The highest BCUT2D eigenvalue weighted by molar-refractivity contribution is 5.68. The zero-order valence-electron chi connectivity index (χ0n) is 11.1. The van der Waals surface area contributed by atoms with E-state index in [9.17, 15) is 0 Å². The Morgan fingerprint density at radius 1 is 1.26 bits per heavy atom. The zero-order valence-corrected chi connectivity index (χ0v) is 11.1. The summed E-state index contributed by atoms with van der Waals surface area (Å²) in [6, 6.07) is 8.03. The number of hydrogen-bond acceptors (Lipinski definition) is 4. The molecule has 4 nitrogen and oxygen atoms in total. The van der Waals surface area contributed by atoms with Crippen LogP contribution in [-0.2, 0) is 0 Å². The standard InChI is InChI=1S/C15H18N2O2/c1-18-13-7-6-11(10-4-2-3-5-10)8-12(13)14-9-15(16)17-19-14/h6-10H,2-5H2,1H3,(H2,16,17). The van der Waals surface area contributed by atoms with E-state index in [0.717, 1.165) is 11.3 Å². The number of benzene rings is 1. The smallest absolute Gasteiger partial charge is 0.172 e. The minimum absolute atomic E-state index is 0.392. The molecule has 0 atom stereocenters. The van der Waals surface area contributed by atoms with Crippen molar-refractivity contribution in [2.24, 2.45) is 0 Å². The van der Waals surface area contributed by atoms with Crippen LogP contribution in [0.15, 0.2) is 28.8 Å². The Bertz CT molecular complexity index is 571. The molecule has 1 fully saturated rings. The highest BCUT2D eigenvalue weighted by Gasteiger charge is 2.20. The van der Waals surface area contributed by atoms with Crippen molar-refractivity contribution in [1.82, 2.24) is 5.16 Å². The third-order valence-electron chi connectivity index (χ3n) is 3.84. The molecule has 100 valence electrons. The maximum absolute atomic E-state index is 5.62. The molecule has 0 unspecified atom stereocenters. The normalized spacial score (nSPS) is 15.8. The summed E-state index contributed by atoms with van der Waals surface area (Å²) in [4.78, 5) is 0. The molecule has 19 heavy (non-hydrogen) atoms. The molecular formula is C15H18N2O2. The fourth-order valence-electron chi connectivity index (χ4n) is 2.85. The van der Waals surface area contributed by atoms with Crippen molar-refractivity contribution in [2.75, 3.05) is 12.8 Å². The molecule has 1 aromatic carbocycles. The van der Waals surface area contributed by atoms with Crippen molar-refractivity contribution in [3.05, 3.63) is 29.8 Å². The Balaban J connectivity index is 2.02. The van der Waals surface area contributed by atoms with Gasteiger partial charge in [-0.2, -0.15) is 0 Å². The van der Waals surface area contributed by atoms with Crippen LogP contribution in [0.4, 0.5) is 5.82 Å². The molecule has 0 amide bonds. The molecule has 1 aromatic heterocycles. The summed E-state index contributed by atoms with van der Waals surface area (Å²) >= 11 is 0. The molecule has 0 spiro atoms. The van der Waals surface area contributed by atoms with E-state index in [1.54, 1.807) is 13.2 Å². The Labute approximate surface area is 112 Å². The molecule has 0 aliphatic heterocycles. The average Bonchev–Trinajstić information content (AvgIpc) is 3.09. The minimum Gasteiger partial charge on any atom is -0.496 e. The molecular weight excluding hydrogens is 240 g/mol. The van der Waals surface area contributed by atoms with Gasteiger partial charge in [0, 0.05) is 6.07 Å². The summed E-state index contributed by atoms with van der Waals surface area (Å²) in [5.41, 5.74) is 7.90. The van der Waals surface area contributed by atoms with Crippen LogP contribution in [0.1, 0.15) is 37.2 Å². The van der Waals surface area contributed by atoms with Gasteiger partial charge in [-0.25, -0.2) is 0 Å². The first-order valence-electron chi connectivity index (χ1n) is 6.68. The molecule has 0 bridgehead atoms. The number of methoxy groups -OCH3 is 1. The summed E-state index contributed by atoms with van der Waals surface area (Å²) in [5, 5.41) is 3.74. The summed E-state index contributed by atoms with van der Waals surface area (Å²) in [7, 11) is 1.66. The van der Waals surface area contributed by atoms with Crippen LogP contribution in [0, 0.1) is 0 Å². The van der Waals surface area contributed by atoms with Gasteiger partial charge < -0.3 is 15.0 Å². The van der Waals surface area contributed by atoms with Gasteiger partial charge in [0.2, 0.25) is 0 Å². The Kier molecular flexibility index (Phi) is 3.15. The molecule has 2 N–H and O–H groups in total. The van der Waals surface area contributed by atoms with E-state index in [1.807, 2.05) is 6.07 Å². The Morgan fingerprint density at radius 2 is 2.05 bits per heavy atom. The monoisotopic (exact) mass is 258 g/mol. The van der Waals surface area contributed by atoms with Gasteiger partial charge >= 0.3 is 0 Å². The van der Waals surface area contributed by atoms with Gasteiger partial charge in [0.1, 0.15) is 5.75 Å². The molecule has 2 aromatic rings. The van der Waals surface area contributed by atoms with Gasteiger partial charge in [0.15, 0.2) is 11.6 Å². The van der Waals surface area contributed by atoms with E-state index in [0.29, 0.717) is 17.5 Å². The minimum atomic E-state index is 0.392. The molecule has 0 radical (unpaired) electrons. The summed E-state index contributed by atoms with van der Waals surface area (Å²) in [6.45, 7) is 0. The number of ether oxygens (including phenoxy) is 1. The SMILES string of the molecule is COc1ccc(C2CCCC2)cc1-c1cc(N)no1. The lowest BCUT2D eigenvalue weighted by Gasteiger charge is -2.13. The topological polar surface area (TPSA) is 61.3 Å².